The van der Waals surface area contributed by atoms with E-state index in [1.807, 2.05) is 13.8 Å². The number of rotatable bonds is 5. The van der Waals surface area contributed by atoms with Crippen LogP contribution in [0.15, 0.2) is 23.0 Å². The van der Waals surface area contributed by atoms with Crippen molar-refractivity contribution in [3.63, 3.8) is 0 Å². The zero-order valence-corrected chi connectivity index (χ0v) is 10.1. The predicted molar refractivity (Wildman–Crippen MR) is 61.6 cm³/mol. The Hall–Kier alpha value is -2.18. The zero-order chi connectivity index (χ0) is 13.1. The van der Waals surface area contributed by atoms with E-state index in [1.54, 1.807) is 10.7 Å². The Morgan fingerprint density at radius 2 is 2.33 bits per heavy atom. The van der Waals surface area contributed by atoms with E-state index < -0.39 is 5.97 Å². The highest BCUT2D eigenvalue weighted by atomic mass is 16.4. The van der Waals surface area contributed by atoms with E-state index in [2.05, 4.69) is 15.5 Å². The second kappa shape index (κ2) is 4.99. The summed E-state index contributed by atoms with van der Waals surface area (Å²) in [6.45, 7) is 3.88. The van der Waals surface area contributed by atoms with Gasteiger partial charge in [-0.15, -0.1) is 5.10 Å². The number of carboxylic acids is 1. The average Bonchev–Trinajstić information content (AvgIpc) is 2.95. The van der Waals surface area contributed by atoms with E-state index >= 15 is 0 Å². The van der Waals surface area contributed by atoms with Crippen molar-refractivity contribution in [3.05, 3.63) is 18.6 Å². The Kier molecular flexibility index (Phi) is 3.40. The van der Waals surface area contributed by atoms with Crippen molar-refractivity contribution in [1.82, 2.24) is 20.2 Å². The number of nitrogens with zero attached hydrogens (tertiary/aromatic N) is 4. The van der Waals surface area contributed by atoms with Crippen LogP contribution in [0.4, 0.5) is 0 Å². The zero-order valence-electron chi connectivity index (χ0n) is 10.1. The molecule has 1 unspecified atom stereocenters. The van der Waals surface area contributed by atoms with Gasteiger partial charge >= 0.3 is 5.97 Å². The van der Waals surface area contributed by atoms with Crippen LogP contribution in [-0.2, 0) is 4.79 Å². The lowest BCUT2D eigenvalue weighted by molar-refractivity contribution is -0.138. The van der Waals surface area contributed by atoms with Crippen molar-refractivity contribution in [2.24, 2.45) is 5.92 Å². The lowest BCUT2D eigenvalue weighted by Crippen LogP contribution is -2.21. The van der Waals surface area contributed by atoms with Gasteiger partial charge < -0.3 is 9.52 Å². The number of furan rings is 1. The molecular formula is C11H14N4O3. The number of aliphatic carboxylic acids is 1. The second-order valence-corrected chi connectivity index (χ2v) is 4.37. The smallest absolute Gasteiger partial charge is 0.305 e. The molecule has 7 nitrogen and oxygen atoms in total. The third kappa shape index (κ3) is 2.39. The molecule has 0 fully saturated rings. The molecule has 2 rings (SSSR count). The first-order chi connectivity index (χ1) is 8.59. The number of hydrogen-bond acceptors (Lipinski definition) is 5. The first-order valence-corrected chi connectivity index (χ1v) is 5.62. The van der Waals surface area contributed by atoms with Crippen LogP contribution in [0.5, 0.6) is 0 Å². The standard InChI is InChI=1S/C11H14N4O3/c1-7(2)9(5-10(16)17)15-11(12-13-14-15)8-3-4-18-6-8/h3-4,6-7,9H,5H2,1-2H3,(H,16,17). The molecule has 2 heterocycles. The molecule has 96 valence electrons. The summed E-state index contributed by atoms with van der Waals surface area (Å²) in [7, 11) is 0. The van der Waals surface area contributed by atoms with Crippen LogP contribution < -0.4 is 0 Å². The molecule has 0 aliphatic rings. The van der Waals surface area contributed by atoms with E-state index in [0.29, 0.717) is 5.82 Å². The SMILES string of the molecule is CC(C)C(CC(=O)O)n1nnnc1-c1ccoc1. The summed E-state index contributed by atoms with van der Waals surface area (Å²) in [5.74, 6) is -0.249. The molecule has 0 saturated heterocycles. The number of carboxylic acid groups (broad SMARTS) is 1. The van der Waals surface area contributed by atoms with Gasteiger partial charge in [-0.2, -0.15) is 0 Å². The molecule has 2 aromatic rings. The molecule has 0 aliphatic carbocycles. The predicted octanol–water partition coefficient (Wildman–Crippen LogP) is 1.60. The van der Waals surface area contributed by atoms with Crippen LogP contribution in [0.25, 0.3) is 11.4 Å². The monoisotopic (exact) mass is 250 g/mol. The third-order valence-corrected chi connectivity index (χ3v) is 2.74. The van der Waals surface area contributed by atoms with E-state index in [4.69, 9.17) is 9.52 Å². The fourth-order valence-electron chi connectivity index (χ4n) is 1.78. The van der Waals surface area contributed by atoms with Gasteiger partial charge in [0.25, 0.3) is 0 Å². The first kappa shape index (κ1) is 12.3. The minimum atomic E-state index is -0.873. The van der Waals surface area contributed by atoms with Gasteiger partial charge in [-0.25, -0.2) is 4.68 Å². The van der Waals surface area contributed by atoms with E-state index in [0.717, 1.165) is 5.56 Å². The lowest BCUT2D eigenvalue weighted by atomic mass is 10.0. The van der Waals surface area contributed by atoms with E-state index in [-0.39, 0.29) is 18.4 Å². The molecular weight excluding hydrogens is 236 g/mol. The third-order valence-electron chi connectivity index (χ3n) is 2.74. The Labute approximate surface area is 103 Å². The molecule has 0 amide bonds. The first-order valence-electron chi connectivity index (χ1n) is 5.62. The molecule has 0 spiro atoms. The van der Waals surface area contributed by atoms with Crippen LogP contribution in [0.2, 0.25) is 0 Å². The van der Waals surface area contributed by atoms with Gasteiger partial charge in [0.1, 0.15) is 6.26 Å². The highest BCUT2D eigenvalue weighted by molar-refractivity contribution is 5.67. The molecule has 0 saturated carbocycles. The molecule has 0 aliphatic heterocycles. The Morgan fingerprint density at radius 1 is 1.56 bits per heavy atom. The maximum Gasteiger partial charge on any atom is 0.305 e. The molecule has 0 aromatic carbocycles. The molecule has 7 heteroatoms. The Balaban J connectivity index is 2.37. The minimum Gasteiger partial charge on any atom is -0.481 e. The van der Waals surface area contributed by atoms with Crippen molar-refractivity contribution in [2.45, 2.75) is 26.3 Å². The average molecular weight is 250 g/mol. The second-order valence-electron chi connectivity index (χ2n) is 4.37. The summed E-state index contributed by atoms with van der Waals surface area (Å²) in [6, 6.07) is 1.45. The van der Waals surface area contributed by atoms with Crippen molar-refractivity contribution in [1.29, 1.82) is 0 Å². The quantitative estimate of drug-likeness (QED) is 0.866. The molecule has 2 aromatic heterocycles. The van der Waals surface area contributed by atoms with Crippen molar-refractivity contribution in [2.75, 3.05) is 0 Å². The van der Waals surface area contributed by atoms with Crippen molar-refractivity contribution < 1.29 is 14.3 Å². The number of aromatic nitrogens is 4. The minimum absolute atomic E-state index is 0.0203. The molecule has 0 bridgehead atoms. The Bertz CT molecular complexity index is 518. The summed E-state index contributed by atoms with van der Waals surface area (Å²) in [5, 5.41) is 20.4. The van der Waals surface area contributed by atoms with Crippen LogP contribution in [0, 0.1) is 5.92 Å². The largest absolute Gasteiger partial charge is 0.481 e. The number of hydrogen-bond donors (Lipinski definition) is 1. The number of carbonyl (C=O) groups is 1. The van der Waals surface area contributed by atoms with Gasteiger partial charge in [0.05, 0.1) is 24.3 Å². The highest BCUT2D eigenvalue weighted by Gasteiger charge is 2.24. The lowest BCUT2D eigenvalue weighted by Gasteiger charge is -2.19. The van der Waals surface area contributed by atoms with Crippen LogP contribution in [0.1, 0.15) is 26.3 Å². The topological polar surface area (TPSA) is 94.0 Å². The summed E-state index contributed by atoms with van der Waals surface area (Å²) < 4.78 is 6.53. The molecule has 1 atom stereocenters. The van der Waals surface area contributed by atoms with Crippen LogP contribution in [0.3, 0.4) is 0 Å². The molecule has 18 heavy (non-hydrogen) atoms. The van der Waals surface area contributed by atoms with Gasteiger partial charge in [0.2, 0.25) is 0 Å². The van der Waals surface area contributed by atoms with Crippen LogP contribution >= 0.6 is 0 Å². The van der Waals surface area contributed by atoms with Crippen molar-refractivity contribution in [3.8, 4) is 11.4 Å². The van der Waals surface area contributed by atoms with Crippen LogP contribution in [-0.4, -0.2) is 31.3 Å². The summed E-state index contributed by atoms with van der Waals surface area (Å²) in [5.41, 5.74) is 0.732. The van der Waals surface area contributed by atoms with Gasteiger partial charge in [0, 0.05) is 0 Å². The maximum atomic E-state index is 10.9. The summed E-state index contributed by atoms with van der Waals surface area (Å²) in [6.07, 6.45) is 3.03. The Morgan fingerprint density at radius 3 is 2.89 bits per heavy atom. The molecule has 0 radical (unpaired) electrons. The maximum absolute atomic E-state index is 10.9. The summed E-state index contributed by atoms with van der Waals surface area (Å²) in [4.78, 5) is 10.9. The van der Waals surface area contributed by atoms with Gasteiger partial charge in [0.15, 0.2) is 5.82 Å². The van der Waals surface area contributed by atoms with Gasteiger partial charge in [-0.3, -0.25) is 4.79 Å². The van der Waals surface area contributed by atoms with Gasteiger partial charge in [-0.05, 0) is 22.4 Å². The number of tetrazole rings is 1. The summed E-state index contributed by atoms with van der Waals surface area (Å²) >= 11 is 0. The molecule has 1 N–H and O–H groups in total. The van der Waals surface area contributed by atoms with E-state index in [9.17, 15) is 4.79 Å². The van der Waals surface area contributed by atoms with Gasteiger partial charge in [-0.1, -0.05) is 13.8 Å². The highest BCUT2D eigenvalue weighted by Crippen LogP contribution is 2.26. The fraction of sp³-hybridized carbons (Fsp3) is 0.455. The van der Waals surface area contributed by atoms with E-state index in [1.165, 1.54) is 12.5 Å². The fourth-order valence-corrected chi connectivity index (χ4v) is 1.78. The van der Waals surface area contributed by atoms with Crippen molar-refractivity contribution >= 4 is 5.97 Å². The normalized spacial score (nSPS) is 12.8.